The van der Waals surface area contributed by atoms with Gasteiger partial charge in [-0.1, -0.05) is 140 Å². The molecule has 0 aromatic heterocycles. The van der Waals surface area contributed by atoms with Crippen LogP contribution in [0, 0.1) is 0 Å². The molecule has 1 amide bonds. The van der Waals surface area contributed by atoms with Crippen molar-refractivity contribution < 1.29 is 89.4 Å². The second kappa shape index (κ2) is 36.0. The number of carbonyl (C=O) groups is 1. The number of hydrogen-bond donors (Lipinski definition) is 12. The third kappa shape index (κ3) is 21.5. The summed E-state index contributed by atoms with van der Waals surface area (Å²) >= 11 is 0. The van der Waals surface area contributed by atoms with Gasteiger partial charge >= 0.3 is 0 Å². The molecule has 0 spiro atoms. The van der Waals surface area contributed by atoms with Gasteiger partial charge in [0.1, 0.15) is 73.2 Å². The molecular formula is C51H91NO18. The Morgan fingerprint density at radius 2 is 0.914 bits per heavy atom. The van der Waals surface area contributed by atoms with Crippen LogP contribution in [0.15, 0.2) is 36.5 Å². The fourth-order valence-corrected chi connectivity index (χ4v) is 8.74. The highest BCUT2D eigenvalue weighted by molar-refractivity contribution is 5.76. The van der Waals surface area contributed by atoms with Crippen LogP contribution in [0.25, 0.3) is 0 Å². The Kier molecular flexibility index (Phi) is 32.1. The van der Waals surface area contributed by atoms with Gasteiger partial charge in [0, 0.05) is 6.42 Å². The normalized spacial score (nSPS) is 32.8. The fraction of sp³-hybridized carbons (Fsp3) is 0.863. The number of nitrogens with one attached hydrogen (secondary N) is 1. The molecule has 12 N–H and O–H groups in total. The maximum Gasteiger partial charge on any atom is 0.220 e. The molecule has 0 aliphatic carbocycles. The van der Waals surface area contributed by atoms with Crippen molar-refractivity contribution in [1.29, 1.82) is 0 Å². The highest BCUT2D eigenvalue weighted by Gasteiger charge is 2.53. The van der Waals surface area contributed by atoms with Gasteiger partial charge in [-0.2, -0.15) is 0 Å². The molecule has 70 heavy (non-hydrogen) atoms. The van der Waals surface area contributed by atoms with Crippen LogP contribution < -0.4 is 5.32 Å². The highest BCUT2D eigenvalue weighted by atomic mass is 16.8. The number of aliphatic hydroxyl groups is 11. The van der Waals surface area contributed by atoms with E-state index in [2.05, 4.69) is 43.5 Å². The van der Waals surface area contributed by atoms with E-state index in [1.165, 1.54) is 70.6 Å². The Balaban J connectivity index is 1.57. The maximum atomic E-state index is 13.2. The van der Waals surface area contributed by atoms with Crippen molar-refractivity contribution in [3.63, 3.8) is 0 Å². The van der Waals surface area contributed by atoms with Crippen LogP contribution in [0.1, 0.15) is 149 Å². The first-order valence-corrected chi connectivity index (χ1v) is 26.2. The second-order valence-electron chi connectivity index (χ2n) is 19.0. The van der Waals surface area contributed by atoms with Crippen LogP contribution >= 0.6 is 0 Å². The summed E-state index contributed by atoms with van der Waals surface area (Å²) in [7, 11) is 0. The number of amides is 1. The maximum absolute atomic E-state index is 13.2. The van der Waals surface area contributed by atoms with E-state index in [4.69, 9.17) is 28.4 Å². The summed E-state index contributed by atoms with van der Waals surface area (Å²) in [6, 6.07) is -0.990. The van der Waals surface area contributed by atoms with E-state index in [-0.39, 0.29) is 18.9 Å². The van der Waals surface area contributed by atoms with Crippen molar-refractivity contribution >= 4 is 5.91 Å². The molecule has 17 unspecified atom stereocenters. The van der Waals surface area contributed by atoms with Gasteiger partial charge in [-0.3, -0.25) is 4.79 Å². The van der Waals surface area contributed by atoms with Crippen LogP contribution in [0.5, 0.6) is 0 Å². The van der Waals surface area contributed by atoms with Crippen LogP contribution in [-0.2, 0) is 33.2 Å². The number of hydrogen-bond acceptors (Lipinski definition) is 18. The van der Waals surface area contributed by atoms with Gasteiger partial charge in [0.2, 0.25) is 5.91 Å². The van der Waals surface area contributed by atoms with Gasteiger partial charge < -0.3 is 89.9 Å². The number of carbonyl (C=O) groups excluding carboxylic acids is 1. The minimum absolute atomic E-state index is 0.234. The van der Waals surface area contributed by atoms with Crippen molar-refractivity contribution in [2.45, 2.75) is 253 Å². The first-order chi connectivity index (χ1) is 33.8. The predicted octanol–water partition coefficient (Wildman–Crippen LogP) is 2.20. The molecule has 408 valence electrons. The summed E-state index contributed by atoms with van der Waals surface area (Å²) in [5, 5.41) is 120. The molecule has 3 aliphatic rings. The highest BCUT2D eigenvalue weighted by Crippen LogP contribution is 2.33. The zero-order valence-electron chi connectivity index (χ0n) is 41.7. The minimum atomic E-state index is -1.98. The van der Waals surface area contributed by atoms with Crippen molar-refractivity contribution in [3.8, 4) is 0 Å². The number of ether oxygens (including phenoxy) is 6. The van der Waals surface area contributed by atoms with E-state index in [1.54, 1.807) is 6.08 Å². The molecule has 0 aromatic rings. The first kappa shape index (κ1) is 62.3. The van der Waals surface area contributed by atoms with Crippen molar-refractivity contribution in [2.75, 3.05) is 26.4 Å². The predicted molar refractivity (Wildman–Crippen MR) is 259 cm³/mol. The Bertz CT molecular complexity index is 1440. The van der Waals surface area contributed by atoms with Crippen LogP contribution in [0.3, 0.4) is 0 Å². The average Bonchev–Trinajstić information content (AvgIpc) is 3.35. The lowest BCUT2D eigenvalue weighted by Crippen LogP contribution is -2.66. The van der Waals surface area contributed by atoms with Gasteiger partial charge in [0.25, 0.3) is 0 Å². The van der Waals surface area contributed by atoms with Gasteiger partial charge in [0.15, 0.2) is 18.9 Å². The molecule has 3 heterocycles. The minimum Gasteiger partial charge on any atom is -0.394 e. The molecule has 0 saturated carbocycles. The summed E-state index contributed by atoms with van der Waals surface area (Å²) in [6.07, 6.45) is 7.24. The average molecular weight is 1010 g/mol. The Morgan fingerprint density at radius 3 is 1.41 bits per heavy atom. The quantitative estimate of drug-likeness (QED) is 0.0316. The third-order valence-electron chi connectivity index (χ3n) is 13.2. The standard InChI is InChI=1S/C51H91NO18/c1-3-5-7-9-11-13-15-17-19-21-23-25-27-29-39(57)52-34(35(56)28-26-24-22-20-18-16-14-12-10-8-6-4-2)33-65-49-45(63)42(60)47(37(31-54)67-49)70-51-46(64)43(61)48(38(32-55)68-51)69-50-44(62)41(59)40(58)36(30-53)66-50/h10,12,18,20,26,28,34-38,40-51,53-56,58-64H,3-9,11,13-17,19,21-25,27,29-33H2,1-2H3,(H,52,57)/b12-10+,20-18+,28-26+. The summed E-state index contributed by atoms with van der Waals surface area (Å²) in [4.78, 5) is 13.2. The lowest BCUT2D eigenvalue weighted by molar-refractivity contribution is -0.379. The van der Waals surface area contributed by atoms with Crippen LogP contribution in [0.4, 0.5) is 0 Å². The Morgan fingerprint density at radius 1 is 0.500 bits per heavy atom. The van der Waals surface area contributed by atoms with E-state index in [0.717, 1.165) is 44.9 Å². The van der Waals surface area contributed by atoms with E-state index in [9.17, 15) is 61.0 Å². The summed E-state index contributed by atoms with van der Waals surface area (Å²) in [5.41, 5.74) is 0. The van der Waals surface area contributed by atoms with Gasteiger partial charge in [-0.25, -0.2) is 0 Å². The molecule has 17 atom stereocenters. The Hall–Kier alpha value is -1.99. The monoisotopic (exact) mass is 1010 g/mol. The molecule has 19 heteroatoms. The van der Waals surface area contributed by atoms with Crippen molar-refractivity contribution in [2.24, 2.45) is 0 Å². The van der Waals surface area contributed by atoms with Gasteiger partial charge in [-0.05, 0) is 38.5 Å². The topological polar surface area (TPSA) is 307 Å². The van der Waals surface area contributed by atoms with Gasteiger partial charge in [0.05, 0.1) is 38.6 Å². The van der Waals surface area contributed by atoms with Crippen molar-refractivity contribution in [1.82, 2.24) is 5.32 Å². The largest absolute Gasteiger partial charge is 0.394 e. The molecule has 0 radical (unpaired) electrons. The van der Waals surface area contributed by atoms with Crippen molar-refractivity contribution in [3.05, 3.63) is 36.5 Å². The third-order valence-corrected chi connectivity index (χ3v) is 13.2. The Labute approximate surface area is 415 Å². The fourth-order valence-electron chi connectivity index (χ4n) is 8.74. The lowest BCUT2D eigenvalue weighted by atomic mass is 9.96. The summed E-state index contributed by atoms with van der Waals surface area (Å²) in [6.45, 7) is 1.60. The molecular weight excluding hydrogens is 915 g/mol. The first-order valence-electron chi connectivity index (χ1n) is 26.2. The van der Waals surface area contributed by atoms with E-state index in [0.29, 0.717) is 12.8 Å². The number of unbranched alkanes of at least 4 members (excludes halogenated alkanes) is 16. The van der Waals surface area contributed by atoms with E-state index < -0.39 is 124 Å². The van der Waals surface area contributed by atoms with E-state index >= 15 is 0 Å². The zero-order chi connectivity index (χ0) is 51.3. The molecule has 19 nitrogen and oxygen atoms in total. The summed E-state index contributed by atoms with van der Waals surface area (Å²) < 4.78 is 34.1. The van der Waals surface area contributed by atoms with E-state index in [1.807, 2.05) is 6.08 Å². The zero-order valence-corrected chi connectivity index (χ0v) is 41.7. The molecule has 3 saturated heterocycles. The molecule has 0 aromatic carbocycles. The molecule has 3 aliphatic heterocycles. The molecule has 3 rings (SSSR count). The van der Waals surface area contributed by atoms with Crippen LogP contribution in [0.2, 0.25) is 0 Å². The SMILES string of the molecule is CCCC/C=C/CC/C=C/CC/C=C/C(O)C(COC1OC(CO)C(OC2OC(CO)C(OC3OC(CO)C(O)C(O)C3O)C(O)C2O)C(O)C1O)NC(=O)CCCCCCCCCCCCCCC. The molecule has 0 bridgehead atoms. The summed E-state index contributed by atoms with van der Waals surface area (Å²) in [5.74, 6) is -0.294. The number of allylic oxidation sites excluding steroid dienone is 5. The number of aliphatic hydroxyl groups excluding tert-OH is 11. The molecule has 3 fully saturated rings. The van der Waals surface area contributed by atoms with Gasteiger partial charge in [-0.15, -0.1) is 0 Å². The van der Waals surface area contributed by atoms with Crippen LogP contribution in [-0.4, -0.2) is 193 Å². The second-order valence-corrected chi connectivity index (χ2v) is 19.0. The number of rotatable bonds is 36. The lowest BCUT2D eigenvalue weighted by Gasteiger charge is -2.48. The smallest absolute Gasteiger partial charge is 0.220 e.